The van der Waals surface area contributed by atoms with Gasteiger partial charge in [-0.1, -0.05) is 0 Å². The zero-order chi connectivity index (χ0) is 12.3. The van der Waals surface area contributed by atoms with Crippen LogP contribution in [0.1, 0.15) is 0 Å². The highest BCUT2D eigenvalue weighted by Gasteiger charge is 2.43. The van der Waals surface area contributed by atoms with Gasteiger partial charge in [0.2, 0.25) is 0 Å². The summed E-state index contributed by atoms with van der Waals surface area (Å²) in [4.78, 5) is 0. The summed E-state index contributed by atoms with van der Waals surface area (Å²) in [5.41, 5.74) is 0. The lowest BCUT2D eigenvalue weighted by molar-refractivity contribution is -0.303. The Balaban J connectivity index is 2.56. The lowest BCUT2D eigenvalue weighted by Gasteiger charge is -2.39. The lowest BCUT2D eigenvalue weighted by atomic mass is 9.99. The summed E-state index contributed by atoms with van der Waals surface area (Å²) in [5, 5.41) is 46.1. The quantitative estimate of drug-likeness (QED) is 0.353. The molecule has 1 heterocycles. The first-order chi connectivity index (χ1) is 7.47. The SMILES string of the molecule is [CH2][C@H](O)CO[C@@H]1O[C@H](CO)[C@@H](O)[C@H](O)[C@H]1O. The van der Waals surface area contributed by atoms with Gasteiger partial charge >= 0.3 is 0 Å². The smallest absolute Gasteiger partial charge is 0.186 e. The van der Waals surface area contributed by atoms with Crippen molar-refractivity contribution in [3.05, 3.63) is 6.92 Å². The van der Waals surface area contributed by atoms with Crippen LogP contribution >= 0.6 is 0 Å². The minimum atomic E-state index is -1.47. The molecule has 95 valence electrons. The average Bonchev–Trinajstić information content (AvgIpc) is 2.25. The Kier molecular flexibility index (Phi) is 5.06. The summed E-state index contributed by atoms with van der Waals surface area (Å²) in [6.07, 6.45) is -7.55. The van der Waals surface area contributed by atoms with Crippen molar-refractivity contribution in [2.45, 2.75) is 36.8 Å². The molecule has 16 heavy (non-hydrogen) atoms. The molecule has 0 aromatic carbocycles. The van der Waals surface area contributed by atoms with E-state index in [9.17, 15) is 15.3 Å². The first-order valence-electron chi connectivity index (χ1n) is 4.90. The Labute approximate surface area is 92.9 Å². The van der Waals surface area contributed by atoms with E-state index in [-0.39, 0.29) is 6.61 Å². The number of hydrogen-bond donors (Lipinski definition) is 5. The van der Waals surface area contributed by atoms with Crippen LogP contribution in [0, 0.1) is 6.92 Å². The predicted molar refractivity (Wildman–Crippen MR) is 51.1 cm³/mol. The molecule has 1 radical (unpaired) electrons. The predicted octanol–water partition coefficient (Wildman–Crippen LogP) is -3.00. The second kappa shape index (κ2) is 5.87. The summed E-state index contributed by atoms with van der Waals surface area (Å²) in [6.45, 7) is 2.55. The van der Waals surface area contributed by atoms with E-state index in [4.69, 9.17) is 19.7 Å². The van der Waals surface area contributed by atoms with Crippen molar-refractivity contribution in [1.82, 2.24) is 0 Å². The fourth-order valence-corrected chi connectivity index (χ4v) is 1.41. The number of rotatable bonds is 4. The molecule has 0 aliphatic carbocycles. The maximum atomic E-state index is 9.49. The number of aliphatic hydroxyl groups excluding tert-OH is 5. The van der Waals surface area contributed by atoms with Crippen LogP contribution in [-0.4, -0.2) is 75.6 Å². The topological polar surface area (TPSA) is 120 Å². The summed E-state index contributed by atoms with van der Waals surface area (Å²) < 4.78 is 9.95. The van der Waals surface area contributed by atoms with Gasteiger partial charge < -0.3 is 35.0 Å². The molecular weight excluding hydrogens is 220 g/mol. The van der Waals surface area contributed by atoms with Crippen LogP contribution in [0.3, 0.4) is 0 Å². The molecule has 1 rings (SSSR count). The van der Waals surface area contributed by atoms with Crippen LogP contribution in [0.4, 0.5) is 0 Å². The summed E-state index contributed by atoms with van der Waals surface area (Å²) in [5.74, 6) is 0. The second-order valence-corrected chi connectivity index (χ2v) is 3.68. The van der Waals surface area contributed by atoms with Crippen molar-refractivity contribution >= 4 is 0 Å². The zero-order valence-electron chi connectivity index (χ0n) is 8.64. The summed E-state index contributed by atoms with van der Waals surface area (Å²) >= 11 is 0. The van der Waals surface area contributed by atoms with Crippen molar-refractivity contribution in [3.8, 4) is 0 Å². The molecule has 1 saturated heterocycles. The normalized spacial score (nSPS) is 42.0. The van der Waals surface area contributed by atoms with Gasteiger partial charge in [0.05, 0.1) is 19.3 Å². The van der Waals surface area contributed by atoms with Crippen LogP contribution in [0.5, 0.6) is 0 Å². The molecule has 0 aromatic rings. The van der Waals surface area contributed by atoms with Gasteiger partial charge in [-0.25, -0.2) is 0 Å². The minimum Gasteiger partial charge on any atom is -0.394 e. The molecule has 1 aliphatic rings. The monoisotopic (exact) mass is 237 g/mol. The maximum Gasteiger partial charge on any atom is 0.186 e. The molecule has 0 aromatic heterocycles. The molecule has 1 aliphatic heterocycles. The van der Waals surface area contributed by atoms with Crippen LogP contribution in [0.15, 0.2) is 0 Å². The molecule has 0 spiro atoms. The van der Waals surface area contributed by atoms with Crippen LogP contribution in [0.25, 0.3) is 0 Å². The first-order valence-corrected chi connectivity index (χ1v) is 4.90. The highest BCUT2D eigenvalue weighted by molar-refractivity contribution is 4.88. The molecule has 0 saturated carbocycles. The molecule has 6 atom stereocenters. The van der Waals surface area contributed by atoms with E-state index < -0.39 is 43.4 Å². The maximum absolute atomic E-state index is 9.49. The molecule has 7 nitrogen and oxygen atoms in total. The van der Waals surface area contributed by atoms with Gasteiger partial charge in [0.1, 0.15) is 24.4 Å². The lowest BCUT2D eigenvalue weighted by Crippen LogP contribution is -2.59. The molecule has 0 unspecified atom stereocenters. The van der Waals surface area contributed by atoms with Crippen molar-refractivity contribution in [2.75, 3.05) is 13.2 Å². The van der Waals surface area contributed by atoms with Gasteiger partial charge in [-0.05, 0) is 6.92 Å². The van der Waals surface area contributed by atoms with Crippen LogP contribution in [-0.2, 0) is 9.47 Å². The van der Waals surface area contributed by atoms with Crippen molar-refractivity contribution < 1.29 is 35.0 Å². The van der Waals surface area contributed by atoms with Gasteiger partial charge in [0, 0.05) is 0 Å². The third-order valence-electron chi connectivity index (χ3n) is 2.30. The fraction of sp³-hybridized carbons (Fsp3) is 0.889. The largest absolute Gasteiger partial charge is 0.394 e. The van der Waals surface area contributed by atoms with Gasteiger partial charge in [-0.3, -0.25) is 0 Å². The standard InChI is InChI=1S/C9H17O7/c1-4(11)3-15-9-8(14)7(13)6(12)5(2-10)16-9/h4-14H,1-3H2/t4-,5+,6+,7-,8+,9+/m0/s1. The first kappa shape index (κ1) is 13.8. The van der Waals surface area contributed by atoms with E-state index in [0.29, 0.717) is 0 Å². The van der Waals surface area contributed by atoms with Gasteiger partial charge in [0.15, 0.2) is 6.29 Å². The molecule has 0 bridgehead atoms. The summed E-state index contributed by atoms with van der Waals surface area (Å²) in [7, 11) is 0. The molecule has 7 heteroatoms. The van der Waals surface area contributed by atoms with Gasteiger partial charge in [-0.2, -0.15) is 0 Å². The van der Waals surface area contributed by atoms with Gasteiger partial charge in [-0.15, -0.1) is 0 Å². The van der Waals surface area contributed by atoms with Crippen molar-refractivity contribution in [3.63, 3.8) is 0 Å². The van der Waals surface area contributed by atoms with E-state index in [1.54, 1.807) is 0 Å². The van der Waals surface area contributed by atoms with Crippen molar-refractivity contribution in [2.24, 2.45) is 0 Å². The van der Waals surface area contributed by atoms with E-state index in [1.807, 2.05) is 0 Å². The number of ether oxygens (including phenoxy) is 2. The Morgan fingerprint density at radius 3 is 2.31 bits per heavy atom. The molecular formula is C9H17O7. The molecule has 5 N–H and O–H groups in total. The van der Waals surface area contributed by atoms with Crippen LogP contribution < -0.4 is 0 Å². The number of hydrogen-bond acceptors (Lipinski definition) is 7. The Bertz CT molecular complexity index is 208. The average molecular weight is 237 g/mol. The van der Waals surface area contributed by atoms with E-state index in [2.05, 4.69) is 6.92 Å². The second-order valence-electron chi connectivity index (χ2n) is 3.68. The Morgan fingerprint density at radius 2 is 1.81 bits per heavy atom. The minimum absolute atomic E-state index is 0.192. The fourth-order valence-electron chi connectivity index (χ4n) is 1.41. The van der Waals surface area contributed by atoms with Crippen LogP contribution in [0.2, 0.25) is 0 Å². The van der Waals surface area contributed by atoms with E-state index >= 15 is 0 Å². The zero-order valence-corrected chi connectivity index (χ0v) is 8.64. The van der Waals surface area contributed by atoms with Crippen molar-refractivity contribution in [1.29, 1.82) is 0 Å². The highest BCUT2D eigenvalue weighted by Crippen LogP contribution is 2.21. The van der Waals surface area contributed by atoms with E-state index in [1.165, 1.54) is 0 Å². The number of aliphatic hydroxyl groups is 5. The summed E-state index contributed by atoms with van der Waals surface area (Å²) in [6, 6.07) is 0. The van der Waals surface area contributed by atoms with E-state index in [0.717, 1.165) is 0 Å². The Morgan fingerprint density at radius 1 is 1.19 bits per heavy atom. The third kappa shape index (κ3) is 3.11. The molecule has 0 amide bonds. The Hall–Kier alpha value is -0.280. The molecule has 1 fully saturated rings. The highest BCUT2D eigenvalue weighted by atomic mass is 16.7. The third-order valence-corrected chi connectivity index (χ3v) is 2.30. The van der Waals surface area contributed by atoms with Gasteiger partial charge in [0.25, 0.3) is 0 Å².